The van der Waals surface area contributed by atoms with Gasteiger partial charge in [0.25, 0.3) is 5.91 Å². The summed E-state index contributed by atoms with van der Waals surface area (Å²) in [7, 11) is 0. The number of carbonyl (C=O) groups excluding carboxylic acids is 1. The number of nitrogens with one attached hydrogen (secondary N) is 1. The van der Waals surface area contributed by atoms with Gasteiger partial charge in [0.1, 0.15) is 22.9 Å². The molecule has 5 aromatic rings. The van der Waals surface area contributed by atoms with Crippen molar-refractivity contribution in [2.45, 2.75) is 6.61 Å². The van der Waals surface area contributed by atoms with Gasteiger partial charge < -0.3 is 14.5 Å². The molecule has 5 nitrogen and oxygen atoms in total. The van der Waals surface area contributed by atoms with Crippen LogP contribution in [-0.4, -0.2) is 15.3 Å². The molecule has 1 N–H and O–H groups in total. The largest absolute Gasteiger partial charge is 0.487 e. The van der Waals surface area contributed by atoms with Crippen molar-refractivity contribution < 1.29 is 9.53 Å². The van der Waals surface area contributed by atoms with Crippen molar-refractivity contribution in [3.63, 3.8) is 0 Å². The quantitative estimate of drug-likeness (QED) is 0.368. The smallest absolute Gasteiger partial charge is 0.267 e. The first kappa shape index (κ1) is 18.7. The Balaban J connectivity index is 1.30. The van der Waals surface area contributed by atoms with Crippen molar-refractivity contribution in [1.29, 1.82) is 0 Å². The van der Waals surface area contributed by atoms with E-state index in [1.807, 2.05) is 77.5 Å². The second-order valence-electron chi connectivity index (χ2n) is 6.71. The molecule has 0 atom stereocenters. The molecule has 30 heavy (non-hydrogen) atoms. The zero-order valence-corrected chi connectivity index (χ0v) is 17.3. The van der Waals surface area contributed by atoms with E-state index in [1.165, 1.54) is 11.3 Å². The SMILES string of the molecule is O=C(Nc1cccc(OCc2cn3ccccc3n2)c1)c1sc2ccccc2c1Cl. The van der Waals surface area contributed by atoms with Crippen LogP contribution in [0.25, 0.3) is 15.7 Å². The number of ether oxygens (including phenoxy) is 1. The molecule has 3 aromatic heterocycles. The molecular weight excluding hydrogens is 418 g/mol. The monoisotopic (exact) mass is 433 g/mol. The van der Waals surface area contributed by atoms with E-state index in [0.717, 1.165) is 21.4 Å². The van der Waals surface area contributed by atoms with Crippen LogP contribution in [0.2, 0.25) is 5.02 Å². The Morgan fingerprint density at radius 2 is 1.97 bits per heavy atom. The first-order valence-corrected chi connectivity index (χ1v) is 10.5. The van der Waals surface area contributed by atoms with E-state index in [4.69, 9.17) is 16.3 Å². The number of hydrogen-bond acceptors (Lipinski definition) is 4. The second-order valence-corrected chi connectivity index (χ2v) is 8.14. The maximum atomic E-state index is 12.8. The van der Waals surface area contributed by atoms with Crippen LogP contribution in [0.1, 0.15) is 15.4 Å². The average molecular weight is 434 g/mol. The maximum Gasteiger partial charge on any atom is 0.267 e. The molecule has 148 valence electrons. The third-order valence-electron chi connectivity index (χ3n) is 4.63. The van der Waals surface area contributed by atoms with E-state index in [1.54, 1.807) is 6.07 Å². The molecule has 0 spiro atoms. The molecule has 5 rings (SSSR count). The Morgan fingerprint density at radius 3 is 2.83 bits per heavy atom. The van der Waals surface area contributed by atoms with Crippen molar-refractivity contribution >= 4 is 50.3 Å². The van der Waals surface area contributed by atoms with Gasteiger partial charge in [-0.25, -0.2) is 4.98 Å². The van der Waals surface area contributed by atoms with E-state index < -0.39 is 0 Å². The number of carbonyl (C=O) groups is 1. The summed E-state index contributed by atoms with van der Waals surface area (Å²) in [6.45, 7) is 0.335. The standard InChI is InChI=1S/C23H16ClN3O2S/c24-21-18-8-1-2-9-19(18)30-22(21)23(28)26-15-6-5-7-17(12-15)29-14-16-13-27-11-4-3-10-20(27)25-16/h1-13H,14H2,(H,26,28). The van der Waals surface area contributed by atoms with Gasteiger partial charge in [-0.2, -0.15) is 0 Å². The molecule has 0 aliphatic carbocycles. The van der Waals surface area contributed by atoms with E-state index in [2.05, 4.69) is 10.3 Å². The van der Waals surface area contributed by atoms with Crippen LogP contribution in [-0.2, 0) is 6.61 Å². The number of amides is 1. The van der Waals surface area contributed by atoms with Crippen LogP contribution < -0.4 is 10.1 Å². The van der Waals surface area contributed by atoms with Crippen molar-refractivity contribution in [3.8, 4) is 5.75 Å². The lowest BCUT2D eigenvalue weighted by Gasteiger charge is -2.08. The number of aromatic nitrogens is 2. The van der Waals surface area contributed by atoms with E-state index in [0.29, 0.717) is 27.9 Å². The molecular formula is C23H16ClN3O2S. The molecule has 0 aliphatic rings. The Hall–Kier alpha value is -3.35. The van der Waals surface area contributed by atoms with Gasteiger partial charge in [0.05, 0.1) is 10.7 Å². The van der Waals surface area contributed by atoms with E-state index in [9.17, 15) is 4.79 Å². The number of benzene rings is 2. The van der Waals surface area contributed by atoms with Gasteiger partial charge >= 0.3 is 0 Å². The van der Waals surface area contributed by atoms with Crippen LogP contribution in [0.5, 0.6) is 5.75 Å². The fourth-order valence-corrected chi connectivity index (χ4v) is 4.64. The number of pyridine rings is 1. The van der Waals surface area contributed by atoms with Crippen molar-refractivity contribution in [2.24, 2.45) is 0 Å². The first-order chi connectivity index (χ1) is 14.7. The summed E-state index contributed by atoms with van der Waals surface area (Å²) in [6, 6.07) is 20.8. The summed E-state index contributed by atoms with van der Waals surface area (Å²) in [5.74, 6) is 0.408. The summed E-state index contributed by atoms with van der Waals surface area (Å²) in [5, 5.41) is 4.27. The van der Waals surface area contributed by atoms with Gasteiger partial charge in [-0.05, 0) is 30.3 Å². The zero-order valence-electron chi connectivity index (χ0n) is 15.7. The molecule has 0 unspecified atom stereocenters. The fraction of sp³-hybridized carbons (Fsp3) is 0.0435. The second kappa shape index (κ2) is 7.82. The van der Waals surface area contributed by atoms with Crippen molar-refractivity contribution in [2.75, 3.05) is 5.32 Å². The Labute approximate surface area is 181 Å². The number of thiophene rings is 1. The molecule has 0 aliphatic heterocycles. The Bertz CT molecular complexity index is 1340. The summed E-state index contributed by atoms with van der Waals surface area (Å²) in [6.07, 6.45) is 3.88. The average Bonchev–Trinajstić information content (AvgIpc) is 3.33. The van der Waals surface area contributed by atoms with Crippen LogP contribution >= 0.6 is 22.9 Å². The molecule has 2 aromatic carbocycles. The lowest BCUT2D eigenvalue weighted by molar-refractivity contribution is 0.103. The molecule has 0 bridgehead atoms. The van der Waals surface area contributed by atoms with Crippen LogP contribution in [0.15, 0.2) is 79.1 Å². The summed E-state index contributed by atoms with van der Waals surface area (Å²) in [5.41, 5.74) is 2.34. The van der Waals surface area contributed by atoms with Gasteiger partial charge in [0.2, 0.25) is 0 Å². The van der Waals surface area contributed by atoms with Crippen LogP contribution in [0.3, 0.4) is 0 Å². The number of hydrogen-bond donors (Lipinski definition) is 1. The highest BCUT2D eigenvalue weighted by atomic mass is 35.5. The molecule has 3 heterocycles. The summed E-state index contributed by atoms with van der Waals surface area (Å²) >= 11 is 7.80. The minimum Gasteiger partial charge on any atom is -0.487 e. The minimum atomic E-state index is -0.237. The lowest BCUT2D eigenvalue weighted by atomic mass is 10.2. The van der Waals surface area contributed by atoms with Gasteiger partial charge in [0.15, 0.2) is 0 Å². The number of anilines is 1. The zero-order chi connectivity index (χ0) is 20.5. The van der Waals surface area contributed by atoms with Gasteiger partial charge in [-0.15, -0.1) is 11.3 Å². The third kappa shape index (κ3) is 3.63. The number of nitrogens with zero attached hydrogens (tertiary/aromatic N) is 2. The number of imidazole rings is 1. The van der Waals surface area contributed by atoms with Gasteiger partial charge in [-0.3, -0.25) is 4.79 Å². The molecule has 7 heteroatoms. The highest BCUT2D eigenvalue weighted by molar-refractivity contribution is 7.21. The number of rotatable bonds is 5. The van der Waals surface area contributed by atoms with E-state index in [-0.39, 0.29) is 5.91 Å². The number of halogens is 1. The lowest BCUT2D eigenvalue weighted by Crippen LogP contribution is -2.10. The molecule has 0 saturated heterocycles. The molecule has 1 amide bonds. The molecule has 0 radical (unpaired) electrons. The van der Waals surface area contributed by atoms with Crippen LogP contribution in [0, 0.1) is 0 Å². The highest BCUT2D eigenvalue weighted by Crippen LogP contribution is 2.35. The first-order valence-electron chi connectivity index (χ1n) is 9.31. The highest BCUT2D eigenvalue weighted by Gasteiger charge is 2.17. The third-order valence-corrected chi connectivity index (χ3v) is 6.31. The summed E-state index contributed by atoms with van der Waals surface area (Å²) < 4.78 is 8.80. The Kier molecular flexibility index (Phi) is 4.86. The Morgan fingerprint density at radius 1 is 1.10 bits per heavy atom. The fourth-order valence-electron chi connectivity index (χ4n) is 3.23. The predicted octanol–water partition coefficient (Wildman–Crippen LogP) is 6.03. The van der Waals surface area contributed by atoms with Gasteiger partial charge in [0, 0.05) is 34.2 Å². The molecule has 0 fully saturated rings. The van der Waals surface area contributed by atoms with Crippen molar-refractivity contribution in [3.05, 3.63) is 94.7 Å². The minimum absolute atomic E-state index is 0.237. The summed E-state index contributed by atoms with van der Waals surface area (Å²) in [4.78, 5) is 17.8. The van der Waals surface area contributed by atoms with Crippen molar-refractivity contribution in [1.82, 2.24) is 9.38 Å². The number of fused-ring (bicyclic) bond motifs is 2. The van der Waals surface area contributed by atoms with Gasteiger partial charge in [-0.1, -0.05) is 41.9 Å². The maximum absolute atomic E-state index is 12.8. The van der Waals surface area contributed by atoms with Crippen LogP contribution in [0.4, 0.5) is 5.69 Å². The normalized spacial score (nSPS) is 11.1. The van der Waals surface area contributed by atoms with E-state index >= 15 is 0 Å². The molecule has 0 saturated carbocycles. The predicted molar refractivity (Wildman–Crippen MR) is 121 cm³/mol. The topological polar surface area (TPSA) is 55.6 Å².